The van der Waals surface area contributed by atoms with Crippen molar-refractivity contribution in [2.45, 2.75) is 33.6 Å². The summed E-state index contributed by atoms with van der Waals surface area (Å²) in [5, 5.41) is 0. The summed E-state index contributed by atoms with van der Waals surface area (Å²) in [6.45, 7) is 9.29. The van der Waals surface area contributed by atoms with Crippen LogP contribution in [0.3, 0.4) is 0 Å². The lowest BCUT2D eigenvalue weighted by Gasteiger charge is -2.39. The minimum atomic E-state index is 0.412. The Balaban J connectivity index is 1.86. The maximum Gasteiger partial charge on any atom is 0.112 e. The minimum absolute atomic E-state index is 0.412. The Morgan fingerprint density at radius 2 is 1.90 bits per heavy atom. The molecule has 2 aromatic rings. The lowest BCUT2D eigenvalue weighted by molar-refractivity contribution is 0.199. The van der Waals surface area contributed by atoms with Crippen LogP contribution < -0.4 is 4.90 Å². The topological polar surface area (TPSA) is 29.0 Å². The number of piperidine rings is 1. The molecule has 4 heteroatoms. The molecule has 3 rings (SSSR count). The molecule has 0 unspecified atom stereocenters. The number of hydrogen-bond donors (Lipinski definition) is 0. The van der Waals surface area contributed by atoms with Gasteiger partial charge in [0.05, 0.1) is 11.2 Å². The summed E-state index contributed by atoms with van der Waals surface area (Å²) >= 11 is 3.47. The number of rotatable bonds is 1. The molecule has 0 radical (unpaired) electrons. The fourth-order valence-electron chi connectivity index (χ4n) is 3.23. The Hall–Kier alpha value is -1.16. The van der Waals surface area contributed by atoms with E-state index in [9.17, 15) is 0 Å². The minimum Gasteiger partial charge on any atom is -0.370 e. The molecule has 0 spiro atoms. The lowest BCUT2D eigenvalue weighted by Crippen LogP contribution is -2.38. The molecule has 112 valence electrons. The Morgan fingerprint density at radius 1 is 1.19 bits per heavy atom. The molecule has 2 aromatic heterocycles. The van der Waals surface area contributed by atoms with Crippen molar-refractivity contribution in [1.82, 2.24) is 9.97 Å². The predicted octanol–water partition coefficient (Wildman–Crippen LogP) is 4.65. The van der Waals surface area contributed by atoms with E-state index >= 15 is 0 Å². The average molecular weight is 348 g/mol. The zero-order valence-corrected chi connectivity index (χ0v) is 14.5. The van der Waals surface area contributed by atoms with Crippen LogP contribution in [0.4, 0.5) is 5.69 Å². The highest BCUT2D eigenvalue weighted by Crippen LogP contribution is 2.36. The van der Waals surface area contributed by atoms with E-state index in [0.29, 0.717) is 5.41 Å². The zero-order chi connectivity index (χ0) is 15.0. The molecule has 0 saturated carbocycles. The van der Waals surface area contributed by atoms with E-state index in [4.69, 9.17) is 0 Å². The monoisotopic (exact) mass is 347 g/mol. The molecular weight excluding hydrogens is 326 g/mol. The SMILES string of the molecule is CC(C)(C)C1CCN(c2ccnc3cc(Br)cnc23)CC1. The van der Waals surface area contributed by atoms with Gasteiger partial charge in [0, 0.05) is 30.0 Å². The van der Waals surface area contributed by atoms with Gasteiger partial charge >= 0.3 is 0 Å². The number of hydrogen-bond acceptors (Lipinski definition) is 3. The van der Waals surface area contributed by atoms with Crippen LogP contribution >= 0.6 is 15.9 Å². The summed E-state index contributed by atoms with van der Waals surface area (Å²) in [4.78, 5) is 11.5. The number of aromatic nitrogens is 2. The van der Waals surface area contributed by atoms with Gasteiger partial charge in [0.2, 0.25) is 0 Å². The normalized spacial score (nSPS) is 17.4. The van der Waals surface area contributed by atoms with E-state index in [-0.39, 0.29) is 0 Å². The first-order valence-electron chi connectivity index (χ1n) is 7.60. The first-order valence-corrected chi connectivity index (χ1v) is 8.39. The Labute approximate surface area is 134 Å². The third kappa shape index (κ3) is 3.05. The molecule has 0 amide bonds. The molecule has 3 nitrogen and oxygen atoms in total. The maximum absolute atomic E-state index is 4.57. The molecule has 21 heavy (non-hydrogen) atoms. The maximum atomic E-state index is 4.57. The molecule has 0 bridgehead atoms. The van der Waals surface area contributed by atoms with Crippen molar-refractivity contribution < 1.29 is 0 Å². The summed E-state index contributed by atoms with van der Waals surface area (Å²) in [6.07, 6.45) is 6.25. The van der Waals surface area contributed by atoms with Gasteiger partial charge in [0.1, 0.15) is 5.52 Å². The van der Waals surface area contributed by atoms with Gasteiger partial charge in [0.15, 0.2) is 0 Å². The second kappa shape index (κ2) is 5.56. The van der Waals surface area contributed by atoms with Crippen LogP contribution in [0.15, 0.2) is 29.0 Å². The van der Waals surface area contributed by atoms with Gasteiger partial charge in [0.25, 0.3) is 0 Å². The van der Waals surface area contributed by atoms with E-state index < -0.39 is 0 Å². The van der Waals surface area contributed by atoms with Crippen LogP contribution in [0.5, 0.6) is 0 Å². The van der Waals surface area contributed by atoms with Crippen LogP contribution in [0.25, 0.3) is 11.0 Å². The lowest BCUT2D eigenvalue weighted by atomic mass is 9.75. The summed E-state index contributed by atoms with van der Waals surface area (Å²) in [7, 11) is 0. The molecule has 0 aromatic carbocycles. The van der Waals surface area contributed by atoms with E-state index in [1.807, 2.05) is 18.5 Å². The van der Waals surface area contributed by atoms with E-state index in [1.54, 1.807) is 0 Å². The van der Waals surface area contributed by atoms with Gasteiger partial charge < -0.3 is 4.90 Å². The van der Waals surface area contributed by atoms with E-state index in [1.165, 1.54) is 18.5 Å². The number of halogens is 1. The highest BCUT2D eigenvalue weighted by molar-refractivity contribution is 9.10. The molecule has 1 fully saturated rings. The molecule has 3 heterocycles. The standard InChI is InChI=1S/C17H22BrN3/c1-17(2,3)12-5-8-21(9-6-12)15-4-7-19-14-10-13(18)11-20-16(14)15/h4,7,10-12H,5-6,8-9H2,1-3H3. The van der Waals surface area contributed by atoms with Crippen LogP contribution in [0.2, 0.25) is 0 Å². The largest absolute Gasteiger partial charge is 0.370 e. The van der Waals surface area contributed by atoms with Crippen molar-refractivity contribution in [2.75, 3.05) is 18.0 Å². The van der Waals surface area contributed by atoms with Crippen molar-refractivity contribution in [3.63, 3.8) is 0 Å². The smallest absolute Gasteiger partial charge is 0.112 e. The van der Waals surface area contributed by atoms with Crippen molar-refractivity contribution >= 4 is 32.7 Å². The average Bonchev–Trinajstić information content (AvgIpc) is 2.45. The molecule has 1 aliphatic rings. The fourth-order valence-corrected chi connectivity index (χ4v) is 3.55. The third-order valence-corrected chi connectivity index (χ3v) is 5.02. The van der Waals surface area contributed by atoms with Gasteiger partial charge in [-0.2, -0.15) is 0 Å². The fraction of sp³-hybridized carbons (Fsp3) is 0.529. The van der Waals surface area contributed by atoms with Gasteiger partial charge in [-0.3, -0.25) is 9.97 Å². The second-order valence-corrected chi connectivity index (χ2v) is 7.89. The first-order chi connectivity index (χ1) is 9.95. The zero-order valence-electron chi connectivity index (χ0n) is 12.9. The Morgan fingerprint density at radius 3 is 2.57 bits per heavy atom. The van der Waals surface area contributed by atoms with Crippen molar-refractivity contribution in [2.24, 2.45) is 11.3 Å². The molecule has 0 aliphatic carbocycles. The van der Waals surface area contributed by atoms with Gasteiger partial charge in [-0.25, -0.2) is 0 Å². The Kier molecular flexibility index (Phi) is 3.91. The molecule has 0 atom stereocenters. The second-order valence-electron chi connectivity index (χ2n) is 6.98. The van der Waals surface area contributed by atoms with Gasteiger partial charge in [-0.05, 0) is 52.2 Å². The van der Waals surface area contributed by atoms with Crippen LogP contribution in [0.1, 0.15) is 33.6 Å². The van der Waals surface area contributed by atoms with Crippen LogP contribution in [-0.4, -0.2) is 23.1 Å². The summed E-state index contributed by atoms with van der Waals surface area (Å²) in [5.41, 5.74) is 3.60. The van der Waals surface area contributed by atoms with E-state index in [2.05, 4.69) is 57.6 Å². The predicted molar refractivity (Wildman–Crippen MR) is 91.6 cm³/mol. The number of anilines is 1. The molecule has 0 N–H and O–H groups in total. The number of nitrogens with zero attached hydrogens (tertiary/aromatic N) is 3. The van der Waals surface area contributed by atoms with Gasteiger partial charge in [-0.15, -0.1) is 0 Å². The molecule has 1 saturated heterocycles. The number of pyridine rings is 2. The van der Waals surface area contributed by atoms with Crippen molar-refractivity contribution in [1.29, 1.82) is 0 Å². The van der Waals surface area contributed by atoms with Gasteiger partial charge in [-0.1, -0.05) is 20.8 Å². The first kappa shape index (κ1) is 14.8. The van der Waals surface area contributed by atoms with Crippen molar-refractivity contribution in [3.05, 3.63) is 29.0 Å². The highest BCUT2D eigenvalue weighted by atomic mass is 79.9. The van der Waals surface area contributed by atoms with Crippen LogP contribution in [-0.2, 0) is 0 Å². The summed E-state index contributed by atoms with van der Waals surface area (Å²) < 4.78 is 0.978. The highest BCUT2D eigenvalue weighted by Gasteiger charge is 2.29. The summed E-state index contributed by atoms with van der Waals surface area (Å²) in [5.74, 6) is 0.809. The third-order valence-electron chi connectivity index (χ3n) is 4.58. The summed E-state index contributed by atoms with van der Waals surface area (Å²) in [6, 6.07) is 4.13. The quantitative estimate of drug-likeness (QED) is 0.751. The van der Waals surface area contributed by atoms with Crippen LogP contribution in [0, 0.1) is 11.3 Å². The van der Waals surface area contributed by atoms with Crippen molar-refractivity contribution in [3.8, 4) is 0 Å². The van der Waals surface area contributed by atoms with E-state index in [0.717, 1.165) is 34.5 Å². The molecule has 1 aliphatic heterocycles. The molecular formula is C17H22BrN3. The number of fused-ring (bicyclic) bond motifs is 1. The Bertz CT molecular complexity index is 640.